The van der Waals surface area contributed by atoms with Crippen molar-refractivity contribution >= 4 is 23.2 Å². The van der Waals surface area contributed by atoms with E-state index in [-0.39, 0.29) is 0 Å². The zero-order valence-corrected chi connectivity index (χ0v) is 8.55. The number of furan rings is 1. The Kier molecular flexibility index (Phi) is 2.66. The molecule has 0 saturated heterocycles. The second-order valence-electron chi connectivity index (χ2n) is 2.64. The van der Waals surface area contributed by atoms with Crippen LogP contribution >= 0.6 is 23.2 Å². The van der Waals surface area contributed by atoms with E-state index in [0.717, 1.165) is 0 Å². The van der Waals surface area contributed by atoms with E-state index in [1.807, 2.05) is 0 Å². The van der Waals surface area contributed by atoms with Crippen LogP contribution in [0.25, 0.3) is 0 Å². The van der Waals surface area contributed by atoms with Gasteiger partial charge in [-0.05, 0) is 12.1 Å². The van der Waals surface area contributed by atoms with Crippen molar-refractivity contribution in [1.82, 2.24) is 0 Å². The summed E-state index contributed by atoms with van der Waals surface area (Å²) in [6.45, 7) is 0. The van der Waals surface area contributed by atoms with Crippen LogP contribution in [0.4, 0.5) is 0 Å². The molecule has 72 valence electrons. The average molecular weight is 229 g/mol. The van der Waals surface area contributed by atoms with E-state index in [2.05, 4.69) is 0 Å². The predicted octanol–water partition coefficient (Wildman–Crippen LogP) is 4.38. The van der Waals surface area contributed by atoms with E-state index < -0.39 is 0 Å². The third kappa shape index (κ3) is 2.03. The summed E-state index contributed by atoms with van der Waals surface area (Å²) in [6.07, 6.45) is 3.04. The van der Waals surface area contributed by atoms with Gasteiger partial charge in [0.05, 0.1) is 16.3 Å². The SMILES string of the molecule is Clc1ccc(Oc2ccoc2)cc1Cl. The summed E-state index contributed by atoms with van der Waals surface area (Å²) >= 11 is 11.6. The van der Waals surface area contributed by atoms with E-state index in [1.165, 1.54) is 12.5 Å². The van der Waals surface area contributed by atoms with Crippen molar-refractivity contribution in [3.63, 3.8) is 0 Å². The van der Waals surface area contributed by atoms with Crippen molar-refractivity contribution in [3.8, 4) is 11.5 Å². The minimum absolute atomic E-state index is 0.465. The Balaban J connectivity index is 2.22. The largest absolute Gasteiger partial charge is 0.469 e. The first-order valence-corrected chi connectivity index (χ1v) is 4.66. The molecule has 0 aliphatic rings. The van der Waals surface area contributed by atoms with Gasteiger partial charge in [-0.15, -0.1) is 0 Å². The molecule has 0 saturated carbocycles. The van der Waals surface area contributed by atoms with Gasteiger partial charge >= 0.3 is 0 Å². The molecule has 14 heavy (non-hydrogen) atoms. The van der Waals surface area contributed by atoms with Gasteiger partial charge in [-0.25, -0.2) is 0 Å². The zero-order valence-electron chi connectivity index (χ0n) is 7.04. The van der Waals surface area contributed by atoms with Crippen molar-refractivity contribution < 1.29 is 9.15 Å². The molecule has 0 bridgehead atoms. The summed E-state index contributed by atoms with van der Waals surface area (Å²) < 4.78 is 10.3. The zero-order chi connectivity index (χ0) is 9.97. The number of ether oxygens (including phenoxy) is 1. The lowest BCUT2D eigenvalue weighted by Gasteiger charge is -2.03. The summed E-state index contributed by atoms with van der Waals surface area (Å²) in [4.78, 5) is 0. The molecular weight excluding hydrogens is 223 g/mol. The highest BCUT2D eigenvalue weighted by Crippen LogP contribution is 2.29. The highest BCUT2D eigenvalue weighted by molar-refractivity contribution is 6.42. The van der Waals surface area contributed by atoms with Crippen molar-refractivity contribution in [3.05, 3.63) is 46.8 Å². The van der Waals surface area contributed by atoms with Crippen LogP contribution in [0.1, 0.15) is 0 Å². The van der Waals surface area contributed by atoms with Gasteiger partial charge in [0.15, 0.2) is 5.75 Å². The Morgan fingerprint density at radius 1 is 1.00 bits per heavy atom. The maximum atomic E-state index is 5.82. The van der Waals surface area contributed by atoms with E-state index in [4.69, 9.17) is 32.4 Å². The molecule has 0 fully saturated rings. The number of benzene rings is 1. The highest BCUT2D eigenvalue weighted by Gasteiger charge is 2.02. The molecule has 0 spiro atoms. The molecule has 0 aliphatic heterocycles. The number of rotatable bonds is 2. The molecule has 0 amide bonds. The number of hydrogen-bond donors (Lipinski definition) is 0. The van der Waals surface area contributed by atoms with Gasteiger partial charge in [0.25, 0.3) is 0 Å². The number of halogens is 2. The van der Waals surface area contributed by atoms with Crippen molar-refractivity contribution in [2.24, 2.45) is 0 Å². The Hall–Kier alpha value is -1.12. The molecule has 2 aromatic rings. The Morgan fingerprint density at radius 2 is 1.86 bits per heavy atom. The molecule has 0 N–H and O–H groups in total. The van der Waals surface area contributed by atoms with Crippen LogP contribution in [0, 0.1) is 0 Å². The smallest absolute Gasteiger partial charge is 0.165 e. The predicted molar refractivity (Wildman–Crippen MR) is 55.2 cm³/mol. The average Bonchev–Trinajstić information content (AvgIpc) is 2.64. The van der Waals surface area contributed by atoms with Crippen LogP contribution in [0.5, 0.6) is 11.5 Å². The van der Waals surface area contributed by atoms with Crippen molar-refractivity contribution in [2.45, 2.75) is 0 Å². The molecule has 1 aromatic carbocycles. The first-order valence-electron chi connectivity index (χ1n) is 3.91. The van der Waals surface area contributed by atoms with Gasteiger partial charge in [0.1, 0.15) is 12.0 Å². The lowest BCUT2D eigenvalue weighted by atomic mass is 10.3. The van der Waals surface area contributed by atoms with Crippen LogP contribution in [-0.2, 0) is 0 Å². The summed E-state index contributed by atoms with van der Waals surface area (Å²) in [5.74, 6) is 1.25. The van der Waals surface area contributed by atoms with E-state index in [1.54, 1.807) is 24.3 Å². The van der Waals surface area contributed by atoms with E-state index >= 15 is 0 Å². The summed E-state index contributed by atoms with van der Waals surface area (Å²) in [6, 6.07) is 6.78. The van der Waals surface area contributed by atoms with Crippen molar-refractivity contribution in [2.75, 3.05) is 0 Å². The Morgan fingerprint density at radius 3 is 2.50 bits per heavy atom. The van der Waals surface area contributed by atoms with Crippen LogP contribution in [0.2, 0.25) is 10.0 Å². The fourth-order valence-corrected chi connectivity index (χ4v) is 1.27. The maximum Gasteiger partial charge on any atom is 0.165 e. The van der Waals surface area contributed by atoms with E-state index in [9.17, 15) is 0 Å². The first kappa shape index (κ1) is 9.44. The van der Waals surface area contributed by atoms with Crippen LogP contribution in [-0.4, -0.2) is 0 Å². The van der Waals surface area contributed by atoms with Crippen molar-refractivity contribution in [1.29, 1.82) is 0 Å². The summed E-state index contributed by atoms with van der Waals surface area (Å²) in [5.41, 5.74) is 0. The Labute approximate surface area is 91.0 Å². The highest BCUT2D eigenvalue weighted by atomic mass is 35.5. The molecule has 1 aromatic heterocycles. The third-order valence-electron chi connectivity index (χ3n) is 1.62. The quantitative estimate of drug-likeness (QED) is 0.762. The molecule has 4 heteroatoms. The molecule has 0 atom stereocenters. The second kappa shape index (κ2) is 3.95. The van der Waals surface area contributed by atoms with Gasteiger partial charge in [0.2, 0.25) is 0 Å². The topological polar surface area (TPSA) is 22.4 Å². The van der Waals surface area contributed by atoms with E-state index in [0.29, 0.717) is 21.5 Å². The summed E-state index contributed by atoms with van der Waals surface area (Å²) in [5, 5.41) is 0.971. The molecular formula is C10H6Cl2O2. The van der Waals surface area contributed by atoms with Gasteiger partial charge in [-0.2, -0.15) is 0 Å². The van der Waals surface area contributed by atoms with Crippen LogP contribution in [0.3, 0.4) is 0 Å². The molecule has 0 aliphatic carbocycles. The normalized spacial score (nSPS) is 10.1. The fraction of sp³-hybridized carbons (Fsp3) is 0. The minimum atomic E-state index is 0.465. The van der Waals surface area contributed by atoms with Gasteiger partial charge in [-0.1, -0.05) is 23.2 Å². The molecule has 1 heterocycles. The van der Waals surface area contributed by atoms with Gasteiger partial charge in [-0.3, -0.25) is 0 Å². The van der Waals surface area contributed by atoms with Gasteiger partial charge < -0.3 is 9.15 Å². The second-order valence-corrected chi connectivity index (χ2v) is 3.45. The lowest BCUT2D eigenvalue weighted by molar-refractivity contribution is 0.466. The third-order valence-corrected chi connectivity index (χ3v) is 2.36. The maximum absolute atomic E-state index is 5.82. The molecule has 2 rings (SSSR count). The monoisotopic (exact) mass is 228 g/mol. The minimum Gasteiger partial charge on any atom is -0.469 e. The summed E-state index contributed by atoms with van der Waals surface area (Å²) in [7, 11) is 0. The van der Waals surface area contributed by atoms with Crippen LogP contribution in [0.15, 0.2) is 41.2 Å². The standard InChI is InChI=1S/C10H6Cl2O2/c11-9-2-1-7(5-10(9)12)14-8-3-4-13-6-8/h1-6H. The fourth-order valence-electron chi connectivity index (χ4n) is 0.986. The molecule has 0 radical (unpaired) electrons. The molecule has 2 nitrogen and oxygen atoms in total. The van der Waals surface area contributed by atoms with Gasteiger partial charge in [0, 0.05) is 12.1 Å². The molecule has 0 unspecified atom stereocenters. The lowest BCUT2D eigenvalue weighted by Crippen LogP contribution is -1.81. The first-order chi connectivity index (χ1) is 6.75. The van der Waals surface area contributed by atoms with Crippen LogP contribution < -0.4 is 4.74 Å². The Bertz CT molecular complexity index is 424. The number of hydrogen-bond acceptors (Lipinski definition) is 2.